The maximum absolute atomic E-state index is 12.9. The van der Waals surface area contributed by atoms with E-state index in [1.807, 2.05) is 0 Å². The van der Waals surface area contributed by atoms with E-state index in [1.54, 1.807) is 24.3 Å². The number of aromatic nitrogens is 3. The Bertz CT molecular complexity index is 1840. The molecule has 5 N–H and O–H groups in total. The van der Waals surface area contributed by atoms with E-state index in [2.05, 4.69) is 9.97 Å². The van der Waals surface area contributed by atoms with E-state index >= 15 is 0 Å². The molecule has 1 aliphatic rings. The van der Waals surface area contributed by atoms with Crippen molar-refractivity contribution in [2.24, 2.45) is 0 Å². The molecule has 0 unspecified atom stereocenters. The predicted octanol–water partition coefficient (Wildman–Crippen LogP) is -0.708. The zero-order valence-corrected chi connectivity index (χ0v) is 17.9. The predicted molar refractivity (Wildman–Crippen MR) is 123 cm³/mol. The van der Waals surface area contributed by atoms with Gasteiger partial charge in [-0.3, -0.25) is 29.1 Å². The molecule has 1 aliphatic heterocycles. The SMILES string of the molecule is O=c1[nH]c(=O)c2c1c1c(=O)[nH]c(=O)c1c1c2c2ccccc2n1[C@@H]1O[C@H](CCl)[C@@H](O)[C@H](O)[C@H]1O. The number of aliphatic hydroxyl groups is 3. The van der Waals surface area contributed by atoms with Gasteiger partial charge in [0.2, 0.25) is 0 Å². The standard InChI is InChI=1S/C22H16ClN3O8/c23-5-8-15(27)16(28)17(29)22(34-8)26-7-4-2-1-3-6(7)9-10-11(19(31)24-18(10)30)12-13(14(9)26)21(33)25-20(12)32/h1-4,8,15-17,22,27-29H,5H2,(H,24,30,31)(H,25,32,33)/t8-,15-,16+,17-,22-/m1/s1. The molecule has 34 heavy (non-hydrogen) atoms. The Labute approximate surface area is 192 Å². The Morgan fingerprint density at radius 3 is 2.00 bits per heavy atom. The summed E-state index contributed by atoms with van der Waals surface area (Å²) in [6.45, 7) is 0. The van der Waals surface area contributed by atoms with Crippen LogP contribution in [0.5, 0.6) is 0 Å². The molecule has 5 aromatic rings. The number of halogens is 1. The lowest BCUT2D eigenvalue weighted by molar-refractivity contribution is -0.237. The Morgan fingerprint density at radius 1 is 0.794 bits per heavy atom. The van der Waals surface area contributed by atoms with Gasteiger partial charge in [0, 0.05) is 10.8 Å². The van der Waals surface area contributed by atoms with Gasteiger partial charge >= 0.3 is 0 Å². The van der Waals surface area contributed by atoms with Crippen LogP contribution < -0.4 is 22.2 Å². The molecule has 0 bridgehead atoms. The van der Waals surface area contributed by atoms with Crippen molar-refractivity contribution in [1.82, 2.24) is 14.5 Å². The number of H-pyrrole nitrogens is 2. The third-order valence-corrected chi connectivity index (χ3v) is 6.91. The molecule has 1 fully saturated rings. The van der Waals surface area contributed by atoms with E-state index in [0.29, 0.717) is 10.9 Å². The lowest BCUT2D eigenvalue weighted by Gasteiger charge is -2.41. The van der Waals surface area contributed by atoms with Gasteiger partial charge in [-0.25, -0.2) is 0 Å². The average molecular weight is 486 g/mol. The second kappa shape index (κ2) is 7.08. The monoisotopic (exact) mass is 485 g/mol. The number of ether oxygens (including phenoxy) is 1. The van der Waals surface area contributed by atoms with Gasteiger partial charge in [-0.1, -0.05) is 18.2 Å². The summed E-state index contributed by atoms with van der Waals surface area (Å²) in [5.74, 6) is -0.206. The second-order valence-electron chi connectivity index (χ2n) is 8.37. The van der Waals surface area contributed by atoms with Crippen LogP contribution in [0.2, 0.25) is 0 Å². The molecule has 174 valence electrons. The fourth-order valence-electron chi connectivity index (χ4n) is 5.15. The molecule has 0 saturated carbocycles. The summed E-state index contributed by atoms with van der Waals surface area (Å²) in [4.78, 5) is 55.4. The van der Waals surface area contributed by atoms with E-state index in [4.69, 9.17) is 16.3 Å². The molecule has 11 nitrogen and oxygen atoms in total. The van der Waals surface area contributed by atoms with Gasteiger partial charge in [0.1, 0.15) is 24.4 Å². The van der Waals surface area contributed by atoms with Gasteiger partial charge in [0.05, 0.1) is 38.5 Å². The van der Waals surface area contributed by atoms with Crippen LogP contribution in [0.3, 0.4) is 0 Å². The van der Waals surface area contributed by atoms with Gasteiger partial charge < -0.3 is 24.6 Å². The van der Waals surface area contributed by atoms with Crippen molar-refractivity contribution in [2.75, 3.05) is 5.88 Å². The first-order valence-electron chi connectivity index (χ1n) is 10.4. The number of aromatic amines is 2. The van der Waals surface area contributed by atoms with E-state index in [1.165, 1.54) is 4.57 Å². The summed E-state index contributed by atoms with van der Waals surface area (Å²) < 4.78 is 7.27. The number of hydrogen-bond acceptors (Lipinski definition) is 8. The van der Waals surface area contributed by atoms with Crippen molar-refractivity contribution in [2.45, 2.75) is 30.6 Å². The zero-order chi connectivity index (χ0) is 24.0. The van der Waals surface area contributed by atoms with Gasteiger partial charge in [-0.2, -0.15) is 0 Å². The van der Waals surface area contributed by atoms with Crippen molar-refractivity contribution in [3.05, 3.63) is 65.7 Å². The van der Waals surface area contributed by atoms with E-state index in [0.717, 1.165) is 0 Å². The Morgan fingerprint density at radius 2 is 1.35 bits per heavy atom. The maximum atomic E-state index is 12.9. The number of rotatable bonds is 2. The normalized spacial score (nSPS) is 25.8. The van der Waals surface area contributed by atoms with E-state index in [-0.39, 0.29) is 38.3 Å². The molecule has 2 aromatic carbocycles. The van der Waals surface area contributed by atoms with E-state index < -0.39 is 52.9 Å². The second-order valence-corrected chi connectivity index (χ2v) is 8.68. The minimum Gasteiger partial charge on any atom is -0.388 e. The number of fused-ring (bicyclic) bond motifs is 8. The number of aliphatic hydroxyl groups excluding tert-OH is 3. The average Bonchev–Trinajstić information content (AvgIpc) is 3.41. The first-order chi connectivity index (χ1) is 16.3. The quantitative estimate of drug-likeness (QED) is 0.204. The maximum Gasteiger partial charge on any atom is 0.261 e. The summed E-state index contributed by atoms with van der Waals surface area (Å²) in [7, 11) is 0. The summed E-state index contributed by atoms with van der Waals surface area (Å²) in [5, 5.41) is 31.6. The minimum atomic E-state index is -1.66. The lowest BCUT2D eigenvalue weighted by atomic mass is 9.98. The van der Waals surface area contributed by atoms with Gasteiger partial charge in [0.15, 0.2) is 6.23 Å². The van der Waals surface area contributed by atoms with Gasteiger partial charge in [-0.05, 0) is 6.07 Å². The fraction of sp³-hybridized carbons (Fsp3) is 0.273. The summed E-state index contributed by atoms with van der Waals surface area (Å²) in [6, 6.07) is 6.66. The molecule has 5 atom stereocenters. The minimum absolute atomic E-state index is 0.0710. The van der Waals surface area contributed by atoms with Crippen LogP contribution in [0.1, 0.15) is 6.23 Å². The largest absolute Gasteiger partial charge is 0.388 e. The van der Waals surface area contributed by atoms with Crippen LogP contribution in [0, 0.1) is 0 Å². The molecule has 0 amide bonds. The van der Waals surface area contributed by atoms with Crippen molar-refractivity contribution in [3.63, 3.8) is 0 Å². The first kappa shape index (κ1) is 21.2. The highest BCUT2D eigenvalue weighted by atomic mass is 35.5. The van der Waals surface area contributed by atoms with Crippen LogP contribution in [0.4, 0.5) is 0 Å². The van der Waals surface area contributed by atoms with Crippen molar-refractivity contribution >= 4 is 55.0 Å². The van der Waals surface area contributed by atoms with Crippen LogP contribution in [-0.2, 0) is 4.74 Å². The Hall–Kier alpha value is -3.35. The highest BCUT2D eigenvalue weighted by molar-refractivity contribution is 6.31. The number of benzene rings is 2. The third-order valence-electron chi connectivity index (χ3n) is 6.60. The highest BCUT2D eigenvalue weighted by Gasteiger charge is 2.45. The molecule has 3 aromatic heterocycles. The highest BCUT2D eigenvalue weighted by Crippen LogP contribution is 2.41. The van der Waals surface area contributed by atoms with E-state index in [9.17, 15) is 34.5 Å². The molecule has 1 saturated heterocycles. The topological polar surface area (TPSA) is 175 Å². The number of nitrogens with zero attached hydrogens (tertiary/aromatic N) is 1. The smallest absolute Gasteiger partial charge is 0.261 e. The zero-order valence-electron chi connectivity index (χ0n) is 17.1. The summed E-state index contributed by atoms with van der Waals surface area (Å²) in [6.07, 6.45) is -7.19. The molecule has 0 radical (unpaired) electrons. The van der Waals surface area contributed by atoms with Crippen molar-refractivity contribution < 1.29 is 20.1 Å². The molecule has 0 aliphatic carbocycles. The summed E-state index contributed by atoms with van der Waals surface area (Å²) >= 11 is 5.91. The van der Waals surface area contributed by atoms with Gasteiger partial charge in [0.25, 0.3) is 22.2 Å². The Kier molecular flexibility index (Phi) is 4.41. The molecular weight excluding hydrogens is 470 g/mol. The molecular formula is C22H16ClN3O8. The first-order valence-corrected chi connectivity index (χ1v) is 10.9. The molecule has 0 spiro atoms. The fourth-order valence-corrected chi connectivity index (χ4v) is 5.41. The lowest BCUT2D eigenvalue weighted by Crippen LogP contribution is -2.56. The number of nitrogens with one attached hydrogen (secondary N) is 2. The molecule has 4 heterocycles. The van der Waals surface area contributed by atoms with Crippen LogP contribution in [0.25, 0.3) is 43.4 Å². The van der Waals surface area contributed by atoms with Crippen molar-refractivity contribution in [3.8, 4) is 0 Å². The number of alkyl halides is 1. The van der Waals surface area contributed by atoms with Gasteiger partial charge in [-0.15, -0.1) is 11.6 Å². The summed E-state index contributed by atoms with van der Waals surface area (Å²) in [5.41, 5.74) is -2.68. The third kappa shape index (κ3) is 2.50. The number of hydrogen-bond donors (Lipinski definition) is 5. The molecule has 12 heteroatoms. The number of para-hydroxylation sites is 1. The Balaban J connectivity index is 1.90. The van der Waals surface area contributed by atoms with Crippen molar-refractivity contribution in [1.29, 1.82) is 0 Å². The van der Waals surface area contributed by atoms with Crippen LogP contribution in [-0.4, -0.2) is 60.2 Å². The molecule has 6 rings (SSSR count). The van der Waals surface area contributed by atoms with Crippen LogP contribution >= 0.6 is 11.6 Å². The van der Waals surface area contributed by atoms with Crippen LogP contribution in [0.15, 0.2) is 43.4 Å².